The number of fused-ring (bicyclic) bond motifs is 1. The molecule has 2 aromatic heterocycles. The molecule has 2 aromatic rings. The zero-order chi connectivity index (χ0) is 17.2. The minimum atomic E-state index is 0.211. The molecule has 7 heteroatoms. The van der Waals surface area contributed by atoms with E-state index in [-0.39, 0.29) is 5.92 Å². The lowest BCUT2D eigenvalue weighted by Crippen LogP contribution is -2.51. The molecule has 0 unspecified atom stereocenters. The van der Waals surface area contributed by atoms with E-state index in [9.17, 15) is 4.79 Å². The maximum absolute atomic E-state index is 12.7. The van der Waals surface area contributed by atoms with Gasteiger partial charge in [0.2, 0.25) is 5.91 Å². The number of piperidine rings is 1. The Balaban J connectivity index is 1.45. The quantitative estimate of drug-likeness (QED) is 0.907. The number of hydrogen-bond donors (Lipinski definition) is 1. The lowest BCUT2D eigenvalue weighted by atomic mass is 9.96. The first kappa shape index (κ1) is 16.7. The molecule has 0 radical (unpaired) electrons. The predicted molar refractivity (Wildman–Crippen MR) is 101 cm³/mol. The van der Waals surface area contributed by atoms with Crippen LogP contribution >= 0.6 is 11.3 Å². The molecule has 0 atom stereocenters. The SMILES string of the molecule is CCc1cc2c(N3CCN(C(=O)C4CCNCC4)CC3)ncnc2s1. The standard InChI is InChI=1S/C18H25N5OS/c1-2-14-11-15-16(20-12-21-17(15)25-14)22-7-9-23(10-8-22)18(24)13-3-5-19-6-4-13/h11-13,19H,2-10H2,1H3. The van der Waals surface area contributed by atoms with Gasteiger partial charge in [-0.25, -0.2) is 9.97 Å². The van der Waals surface area contributed by atoms with Gasteiger partial charge in [-0.2, -0.15) is 0 Å². The van der Waals surface area contributed by atoms with Crippen LogP contribution < -0.4 is 10.2 Å². The highest BCUT2D eigenvalue weighted by Gasteiger charge is 2.29. The van der Waals surface area contributed by atoms with E-state index in [1.54, 1.807) is 17.7 Å². The summed E-state index contributed by atoms with van der Waals surface area (Å²) < 4.78 is 0. The summed E-state index contributed by atoms with van der Waals surface area (Å²) in [4.78, 5) is 28.4. The highest BCUT2D eigenvalue weighted by molar-refractivity contribution is 7.18. The van der Waals surface area contributed by atoms with Crippen molar-refractivity contribution < 1.29 is 4.79 Å². The molecule has 0 saturated carbocycles. The van der Waals surface area contributed by atoms with Crippen LogP contribution in [0.1, 0.15) is 24.6 Å². The van der Waals surface area contributed by atoms with E-state index in [0.717, 1.165) is 74.6 Å². The fourth-order valence-corrected chi connectivity index (χ4v) is 4.71. The van der Waals surface area contributed by atoms with E-state index in [4.69, 9.17) is 0 Å². The summed E-state index contributed by atoms with van der Waals surface area (Å²) in [7, 11) is 0. The number of piperazine rings is 1. The van der Waals surface area contributed by atoms with Gasteiger partial charge in [0.25, 0.3) is 0 Å². The molecule has 1 amide bonds. The summed E-state index contributed by atoms with van der Waals surface area (Å²) >= 11 is 1.75. The maximum atomic E-state index is 12.7. The highest BCUT2D eigenvalue weighted by Crippen LogP contribution is 2.31. The fraction of sp³-hybridized carbons (Fsp3) is 0.611. The number of aromatic nitrogens is 2. The van der Waals surface area contributed by atoms with E-state index in [1.165, 1.54) is 4.88 Å². The Bertz CT molecular complexity index is 747. The molecule has 2 aliphatic heterocycles. The van der Waals surface area contributed by atoms with E-state index < -0.39 is 0 Å². The van der Waals surface area contributed by atoms with Crippen molar-refractivity contribution in [2.75, 3.05) is 44.2 Å². The average Bonchev–Trinajstić information content (AvgIpc) is 3.12. The zero-order valence-electron chi connectivity index (χ0n) is 14.7. The molecule has 4 rings (SSSR count). The smallest absolute Gasteiger partial charge is 0.225 e. The molecule has 1 N–H and O–H groups in total. The van der Waals surface area contributed by atoms with Crippen LogP contribution in [-0.2, 0) is 11.2 Å². The van der Waals surface area contributed by atoms with Crippen LogP contribution in [0, 0.1) is 5.92 Å². The second-order valence-corrected chi connectivity index (χ2v) is 7.93. The fourth-order valence-electron chi connectivity index (χ4n) is 3.78. The number of hydrogen-bond acceptors (Lipinski definition) is 6. The summed E-state index contributed by atoms with van der Waals surface area (Å²) in [6.45, 7) is 7.38. The van der Waals surface area contributed by atoms with Crippen molar-refractivity contribution in [3.05, 3.63) is 17.3 Å². The van der Waals surface area contributed by atoms with Crippen molar-refractivity contribution in [2.24, 2.45) is 5.92 Å². The van der Waals surface area contributed by atoms with Crippen molar-refractivity contribution in [1.82, 2.24) is 20.2 Å². The van der Waals surface area contributed by atoms with Crippen molar-refractivity contribution >= 4 is 33.3 Å². The first-order chi connectivity index (χ1) is 12.3. The number of carbonyl (C=O) groups is 1. The lowest BCUT2D eigenvalue weighted by Gasteiger charge is -2.37. The van der Waals surface area contributed by atoms with Crippen LogP contribution in [-0.4, -0.2) is 60.0 Å². The van der Waals surface area contributed by atoms with Gasteiger partial charge in [0.05, 0.1) is 5.39 Å². The van der Waals surface area contributed by atoms with Gasteiger partial charge >= 0.3 is 0 Å². The van der Waals surface area contributed by atoms with Gasteiger partial charge in [-0.3, -0.25) is 4.79 Å². The molecule has 0 aromatic carbocycles. The summed E-state index contributed by atoms with van der Waals surface area (Å²) in [6, 6.07) is 2.22. The summed E-state index contributed by atoms with van der Waals surface area (Å²) in [5, 5.41) is 4.49. The number of nitrogens with zero attached hydrogens (tertiary/aromatic N) is 4. The van der Waals surface area contributed by atoms with Gasteiger partial charge in [0.1, 0.15) is 17.0 Å². The number of rotatable bonds is 3. The van der Waals surface area contributed by atoms with Gasteiger partial charge in [0, 0.05) is 37.0 Å². The van der Waals surface area contributed by atoms with Crippen LogP contribution in [0.2, 0.25) is 0 Å². The molecular formula is C18H25N5OS. The van der Waals surface area contributed by atoms with Crippen LogP contribution in [0.3, 0.4) is 0 Å². The van der Waals surface area contributed by atoms with Gasteiger partial charge in [0.15, 0.2) is 0 Å². The minimum absolute atomic E-state index is 0.211. The largest absolute Gasteiger partial charge is 0.352 e. The van der Waals surface area contributed by atoms with E-state index in [0.29, 0.717) is 5.91 Å². The van der Waals surface area contributed by atoms with Crippen LogP contribution in [0.5, 0.6) is 0 Å². The third-order valence-electron chi connectivity index (χ3n) is 5.29. The van der Waals surface area contributed by atoms with Crippen molar-refractivity contribution in [3.8, 4) is 0 Å². The molecule has 0 aliphatic carbocycles. The molecule has 0 bridgehead atoms. The van der Waals surface area contributed by atoms with Gasteiger partial charge in [-0.1, -0.05) is 6.92 Å². The normalized spacial score (nSPS) is 19.6. The Hall–Kier alpha value is -1.73. The van der Waals surface area contributed by atoms with Crippen molar-refractivity contribution in [3.63, 3.8) is 0 Å². The molecule has 2 saturated heterocycles. The number of carbonyl (C=O) groups excluding carboxylic acids is 1. The van der Waals surface area contributed by atoms with E-state index in [1.807, 2.05) is 0 Å². The second-order valence-electron chi connectivity index (χ2n) is 6.82. The van der Waals surface area contributed by atoms with Crippen molar-refractivity contribution in [2.45, 2.75) is 26.2 Å². The maximum Gasteiger partial charge on any atom is 0.225 e. The first-order valence-electron chi connectivity index (χ1n) is 9.24. The van der Waals surface area contributed by atoms with Gasteiger partial charge in [-0.05, 0) is 38.4 Å². The summed E-state index contributed by atoms with van der Waals surface area (Å²) in [5.41, 5.74) is 0. The Kier molecular flexibility index (Phi) is 4.85. The van der Waals surface area contributed by atoms with Crippen LogP contribution in [0.15, 0.2) is 12.4 Å². The average molecular weight is 359 g/mol. The topological polar surface area (TPSA) is 61.4 Å². The molecule has 6 nitrogen and oxygen atoms in total. The molecule has 134 valence electrons. The van der Waals surface area contributed by atoms with Crippen molar-refractivity contribution in [1.29, 1.82) is 0 Å². The Morgan fingerprint density at radius 1 is 1.24 bits per heavy atom. The lowest BCUT2D eigenvalue weighted by molar-refractivity contribution is -0.136. The number of nitrogens with one attached hydrogen (secondary N) is 1. The molecule has 25 heavy (non-hydrogen) atoms. The Morgan fingerprint density at radius 2 is 2.00 bits per heavy atom. The Labute approximate surface area is 152 Å². The van der Waals surface area contributed by atoms with Gasteiger partial charge < -0.3 is 15.1 Å². The Morgan fingerprint density at radius 3 is 2.72 bits per heavy atom. The number of amides is 1. The highest BCUT2D eigenvalue weighted by atomic mass is 32.1. The van der Waals surface area contributed by atoms with E-state index in [2.05, 4.69) is 38.1 Å². The molecule has 0 spiro atoms. The first-order valence-corrected chi connectivity index (χ1v) is 10.1. The molecular weight excluding hydrogens is 334 g/mol. The molecule has 4 heterocycles. The minimum Gasteiger partial charge on any atom is -0.352 e. The van der Waals surface area contributed by atoms with Crippen LogP contribution in [0.4, 0.5) is 5.82 Å². The van der Waals surface area contributed by atoms with Gasteiger partial charge in [-0.15, -0.1) is 11.3 Å². The number of aryl methyl sites for hydroxylation is 1. The monoisotopic (exact) mass is 359 g/mol. The third-order valence-corrected chi connectivity index (χ3v) is 6.47. The van der Waals surface area contributed by atoms with E-state index >= 15 is 0 Å². The summed E-state index contributed by atoms with van der Waals surface area (Å²) in [6.07, 6.45) is 4.64. The zero-order valence-corrected chi connectivity index (χ0v) is 15.5. The van der Waals surface area contributed by atoms with Crippen LogP contribution in [0.25, 0.3) is 10.2 Å². The second kappa shape index (κ2) is 7.25. The number of thiophene rings is 1. The predicted octanol–water partition coefficient (Wildman–Crippen LogP) is 1.90. The summed E-state index contributed by atoms with van der Waals surface area (Å²) in [5.74, 6) is 1.58. The molecule has 2 aliphatic rings. The third kappa shape index (κ3) is 3.35. The molecule has 2 fully saturated rings. The number of anilines is 1.